The molecule has 5 rings (SSSR count). The molecule has 128 valence electrons. The molecule has 0 aromatic heterocycles. The summed E-state index contributed by atoms with van der Waals surface area (Å²) in [7, 11) is 0. The van der Waals surface area contributed by atoms with E-state index in [0.29, 0.717) is 23.3 Å². The molecule has 0 unspecified atom stereocenters. The number of hydrogen-bond acceptors (Lipinski definition) is 2. The Bertz CT molecular complexity index is 847. The Morgan fingerprint density at radius 3 is 2.60 bits per heavy atom. The van der Waals surface area contributed by atoms with E-state index in [1.165, 1.54) is 30.4 Å². The van der Waals surface area contributed by atoms with E-state index in [4.69, 9.17) is 0 Å². The van der Waals surface area contributed by atoms with Crippen molar-refractivity contribution in [2.75, 3.05) is 5.32 Å². The van der Waals surface area contributed by atoms with Crippen LogP contribution in [0.3, 0.4) is 0 Å². The van der Waals surface area contributed by atoms with Gasteiger partial charge in [-0.25, -0.2) is 4.79 Å². The van der Waals surface area contributed by atoms with Gasteiger partial charge in [0.1, 0.15) is 0 Å². The molecule has 2 aromatic rings. The van der Waals surface area contributed by atoms with Gasteiger partial charge >= 0.3 is 5.97 Å². The SMILES string of the molecule is O=C(O)c1cccc2c1N[C@@H](c1ccc(Br)cc1)[C@H]1[C@@H]3CC[C@H](C3)[C@H]21. The number of benzene rings is 2. The molecule has 0 radical (unpaired) electrons. The number of anilines is 1. The first-order chi connectivity index (χ1) is 12.1. The Morgan fingerprint density at radius 1 is 1.08 bits per heavy atom. The number of rotatable bonds is 2. The van der Waals surface area contributed by atoms with Crippen LogP contribution in [-0.4, -0.2) is 11.1 Å². The lowest BCUT2D eigenvalue weighted by atomic mass is 9.67. The van der Waals surface area contributed by atoms with E-state index in [9.17, 15) is 9.90 Å². The fourth-order valence-corrected chi connectivity index (χ4v) is 5.96. The first kappa shape index (κ1) is 15.4. The summed E-state index contributed by atoms with van der Waals surface area (Å²) in [5.41, 5.74) is 3.74. The zero-order chi connectivity index (χ0) is 17.1. The molecule has 2 saturated carbocycles. The molecule has 3 nitrogen and oxygen atoms in total. The van der Waals surface area contributed by atoms with Gasteiger partial charge in [0.25, 0.3) is 0 Å². The number of fused-ring (bicyclic) bond motifs is 7. The number of carboxylic acids is 1. The van der Waals surface area contributed by atoms with E-state index in [1.807, 2.05) is 6.07 Å². The van der Waals surface area contributed by atoms with Crippen LogP contribution in [0.15, 0.2) is 46.9 Å². The molecule has 1 heterocycles. The minimum Gasteiger partial charge on any atom is -0.478 e. The highest BCUT2D eigenvalue weighted by atomic mass is 79.9. The van der Waals surface area contributed by atoms with E-state index in [0.717, 1.165) is 16.1 Å². The van der Waals surface area contributed by atoms with E-state index in [-0.39, 0.29) is 6.04 Å². The normalized spacial score (nSPS) is 32.0. The Morgan fingerprint density at radius 2 is 1.84 bits per heavy atom. The molecule has 1 aliphatic heterocycles. The maximum Gasteiger partial charge on any atom is 0.337 e. The molecule has 0 spiro atoms. The van der Waals surface area contributed by atoms with Crippen molar-refractivity contribution in [3.05, 3.63) is 63.6 Å². The number of para-hydroxylation sites is 1. The fourth-order valence-electron chi connectivity index (χ4n) is 5.69. The van der Waals surface area contributed by atoms with Crippen LogP contribution in [-0.2, 0) is 0 Å². The van der Waals surface area contributed by atoms with Gasteiger partial charge in [-0.15, -0.1) is 0 Å². The monoisotopic (exact) mass is 397 g/mol. The average molecular weight is 398 g/mol. The van der Waals surface area contributed by atoms with Crippen LogP contribution in [0, 0.1) is 17.8 Å². The predicted octanol–water partition coefficient (Wildman–Crippen LogP) is 5.44. The van der Waals surface area contributed by atoms with Crippen molar-refractivity contribution >= 4 is 27.6 Å². The summed E-state index contributed by atoms with van der Waals surface area (Å²) in [4.78, 5) is 11.8. The molecule has 5 atom stereocenters. The smallest absolute Gasteiger partial charge is 0.337 e. The Balaban J connectivity index is 1.67. The summed E-state index contributed by atoms with van der Waals surface area (Å²) < 4.78 is 1.07. The van der Waals surface area contributed by atoms with Gasteiger partial charge in [-0.05, 0) is 72.3 Å². The molecular weight excluding hydrogens is 378 g/mol. The molecule has 25 heavy (non-hydrogen) atoms. The van der Waals surface area contributed by atoms with Gasteiger partial charge in [-0.2, -0.15) is 0 Å². The third-order valence-corrected chi connectivity index (χ3v) is 7.11. The first-order valence-corrected chi connectivity index (χ1v) is 9.81. The van der Waals surface area contributed by atoms with Crippen molar-refractivity contribution in [3.63, 3.8) is 0 Å². The predicted molar refractivity (Wildman–Crippen MR) is 101 cm³/mol. The van der Waals surface area contributed by atoms with E-state index >= 15 is 0 Å². The van der Waals surface area contributed by atoms with Crippen molar-refractivity contribution in [1.29, 1.82) is 0 Å². The van der Waals surface area contributed by atoms with Crippen molar-refractivity contribution in [1.82, 2.24) is 0 Å². The highest BCUT2D eigenvalue weighted by Crippen LogP contribution is 2.63. The number of hydrogen-bond donors (Lipinski definition) is 2. The molecule has 2 aliphatic carbocycles. The van der Waals surface area contributed by atoms with Crippen LogP contribution in [0.1, 0.15) is 52.7 Å². The van der Waals surface area contributed by atoms with Crippen molar-refractivity contribution in [2.45, 2.75) is 31.2 Å². The highest BCUT2D eigenvalue weighted by molar-refractivity contribution is 9.10. The summed E-state index contributed by atoms with van der Waals surface area (Å²) >= 11 is 3.52. The second-order valence-electron chi connectivity index (χ2n) is 7.68. The van der Waals surface area contributed by atoms with Gasteiger partial charge in [-0.3, -0.25) is 0 Å². The van der Waals surface area contributed by atoms with Gasteiger partial charge < -0.3 is 10.4 Å². The number of carboxylic acid groups (broad SMARTS) is 1. The quantitative estimate of drug-likeness (QED) is 0.708. The average Bonchev–Trinajstić information content (AvgIpc) is 3.23. The zero-order valence-electron chi connectivity index (χ0n) is 13.8. The lowest BCUT2D eigenvalue weighted by Gasteiger charge is -2.44. The molecule has 2 aromatic carbocycles. The lowest BCUT2D eigenvalue weighted by molar-refractivity contribution is 0.0697. The van der Waals surface area contributed by atoms with Crippen molar-refractivity contribution in [2.24, 2.45) is 17.8 Å². The third-order valence-electron chi connectivity index (χ3n) is 6.58. The summed E-state index contributed by atoms with van der Waals surface area (Å²) in [5.74, 6) is 1.66. The van der Waals surface area contributed by atoms with Gasteiger partial charge in [0.05, 0.1) is 17.3 Å². The van der Waals surface area contributed by atoms with Gasteiger partial charge in [0, 0.05) is 4.47 Å². The van der Waals surface area contributed by atoms with Crippen LogP contribution in [0.4, 0.5) is 5.69 Å². The maximum atomic E-state index is 11.8. The van der Waals surface area contributed by atoms with Gasteiger partial charge in [0.2, 0.25) is 0 Å². The maximum absolute atomic E-state index is 11.8. The minimum atomic E-state index is -0.847. The molecule has 2 fully saturated rings. The van der Waals surface area contributed by atoms with E-state index < -0.39 is 5.97 Å². The second kappa shape index (κ2) is 5.60. The lowest BCUT2D eigenvalue weighted by Crippen LogP contribution is -2.36. The summed E-state index contributed by atoms with van der Waals surface area (Å²) in [6.45, 7) is 0. The van der Waals surface area contributed by atoms with Crippen LogP contribution >= 0.6 is 15.9 Å². The van der Waals surface area contributed by atoms with Crippen LogP contribution in [0.2, 0.25) is 0 Å². The highest BCUT2D eigenvalue weighted by Gasteiger charge is 2.54. The first-order valence-electron chi connectivity index (χ1n) is 9.01. The standard InChI is InChI=1S/C21H20BrNO2/c22-14-8-6-11(7-9-14)19-18-13-5-4-12(10-13)17(18)15-2-1-3-16(21(24)25)20(15)23-19/h1-3,6-9,12-13,17-19,23H,4-5,10H2,(H,24,25)/t12-,13-,17-,18+,19+/m1/s1. The second-order valence-corrected chi connectivity index (χ2v) is 8.60. The molecule has 0 saturated heterocycles. The summed E-state index contributed by atoms with van der Waals surface area (Å²) in [5, 5.41) is 13.3. The summed E-state index contributed by atoms with van der Waals surface area (Å²) in [6.07, 6.45) is 3.89. The van der Waals surface area contributed by atoms with Gasteiger partial charge in [-0.1, -0.05) is 40.2 Å². The third kappa shape index (κ3) is 2.27. The fraction of sp³-hybridized carbons (Fsp3) is 0.381. The van der Waals surface area contributed by atoms with E-state index in [1.54, 1.807) is 6.07 Å². The van der Waals surface area contributed by atoms with Crippen molar-refractivity contribution in [3.8, 4) is 0 Å². The van der Waals surface area contributed by atoms with Crippen LogP contribution in [0.5, 0.6) is 0 Å². The Hall–Kier alpha value is -1.81. The minimum absolute atomic E-state index is 0.196. The van der Waals surface area contributed by atoms with E-state index in [2.05, 4.69) is 51.6 Å². The Labute approximate surface area is 155 Å². The molecule has 2 N–H and O–H groups in total. The molecule has 3 aliphatic rings. The molecule has 4 heteroatoms. The number of aromatic carboxylic acids is 1. The number of nitrogens with one attached hydrogen (secondary N) is 1. The van der Waals surface area contributed by atoms with Gasteiger partial charge in [0.15, 0.2) is 0 Å². The van der Waals surface area contributed by atoms with Crippen molar-refractivity contribution < 1.29 is 9.90 Å². The topological polar surface area (TPSA) is 49.3 Å². The molecule has 2 bridgehead atoms. The van der Waals surface area contributed by atoms with Crippen LogP contribution < -0.4 is 5.32 Å². The number of halogens is 1. The largest absolute Gasteiger partial charge is 0.478 e. The molecular formula is C21H20BrNO2. The zero-order valence-corrected chi connectivity index (χ0v) is 15.4. The Kier molecular flexibility index (Phi) is 3.46. The molecule has 0 amide bonds. The number of carbonyl (C=O) groups is 1. The summed E-state index contributed by atoms with van der Waals surface area (Å²) in [6, 6.07) is 14.5. The van der Waals surface area contributed by atoms with Crippen LogP contribution in [0.25, 0.3) is 0 Å².